The molecular formula is C12H16O3. The Kier molecular flexibility index (Phi) is 3.83. The molecule has 0 N–H and O–H groups in total. The van der Waals surface area contributed by atoms with Gasteiger partial charge in [-0.2, -0.15) is 0 Å². The van der Waals surface area contributed by atoms with Crippen LogP contribution in [-0.4, -0.2) is 18.9 Å². The summed E-state index contributed by atoms with van der Waals surface area (Å²) in [7, 11) is 1.32. The van der Waals surface area contributed by atoms with E-state index in [1.165, 1.54) is 7.11 Å². The normalized spacial score (nSPS) is 27.1. The molecule has 1 rings (SSSR count). The third-order valence-electron chi connectivity index (χ3n) is 2.75. The Morgan fingerprint density at radius 2 is 2.07 bits per heavy atom. The summed E-state index contributed by atoms with van der Waals surface area (Å²) in [5.74, 6) is -1.14. The van der Waals surface area contributed by atoms with Crippen molar-refractivity contribution in [2.45, 2.75) is 26.7 Å². The predicted molar refractivity (Wildman–Crippen MR) is 57.3 cm³/mol. The van der Waals surface area contributed by atoms with Crippen LogP contribution in [0.3, 0.4) is 0 Å². The van der Waals surface area contributed by atoms with Crippen molar-refractivity contribution in [3.05, 3.63) is 23.3 Å². The second kappa shape index (κ2) is 4.91. The number of hydrogen-bond donors (Lipinski definition) is 0. The van der Waals surface area contributed by atoms with Crippen LogP contribution in [-0.2, 0) is 14.3 Å². The van der Waals surface area contributed by atoms with Crippen molar-refractivity contribution in [3.8, 4) is 0 Å². The number of allylic oxidation sites excluding steroid dienone is 4. The molecule has 1 saturated carbocycles. The number of methoxy groups -OCH3 is 1. The van der Waals surface area contributed by atoms with Gasteiger partial charge in [-0.1, -0.05) is 12.2 Å². The summed E-state index contributed by atoms with van der Waals surface area (Å²) >= 11 is 0. The van der Waals surface area contributed by atoms with Crippen molar-refractivity contribution in [2.75, 3.05) is 7.11 Å². The van der Waals surface area contributed by atoms with Gasteiger partial charge in [0.05, 0.1) is 7.11 Å². The molecule has 0 aromatic rings. The maximum Gasteiger partial charge on any atom is 0.316 e. The number of rotatable bonds is 1. The van der Waals surface area contributed by atoms with Gasteiger partial charge in [0, 0.05) is 5.57 Å². The van der Waals surface area contributed by atoms with Crippen LogP contribution in [0.1, 0.15) is 26.7 Å². The molecule has 1 aliphatic carbocycles. The number of Topliss-reactive ketones (excluding diaryl/α,β-unsaturated/α-hetero) is 1. The molecule has 0 amide bonds. The lowest BCUT2D eigenvalue weighted by Gasteiger charge is -2.23. The van der Waals surface area contributed by atoms with Gasteiger partial charge in [0.15, 0.2) is 5.78 Å². The topological polar surface area (TPSA) is 43.4 Å². The lowest BCUT2D eigenvalue weighted by atomic mass is 9.80. The summed E-state index contributed by atoms with van der Waals surface area (Å²) in [5.41, 5.74) is 1.70. The minimum absolute atomic E-state index is 0.108. The van der Waals surface area contributed by atoms with E-state index in [1.807, 2.05) is 19.9 Å². The van der Waals surface area contributed by atoms with Crippen LogP contribution >= 0.6 is 0 Å². The Morgan fingerprint density at radius 1 is 1.40 bits per heavy atom. The fraction of sp³-hybridized carbons (Fsp3) is 0.500. The second-order valence-corrected chi connectivity index (χ2v) is 3.49. The van der Waals surface area contributed by atoms with Crippen LogP contribution in [0.2, 0.25) is 0 Å². The highest BCUT2D eigenvalue weighted by atomic mass is 16.5. The van der Waals surface area contributed by atoms with E-state index in [1.54, 1.807) is 6.08 Å². The Balaban J connectivity index is 2.96. The highest BCUT2D eigenvalue weighted by Crippen LogP contribution is 2.30. The average Bonchev–Trinajstić information content (AvgIpc) is 2.27. The Hall–Kier alpha value is -1.38. The van der Waals surface area contributed by atoms with Crippen LogP contribution in [0.25, 0.3) is 0 Å². The fourth-order valence-electron chi connectivity index (χ4n) is 1.91. The summed E-state index contributed by atoms with van der Waals surface area (Å²) in [6.45, 7) is 3.72. The van der Waals surface area contributed by atoms with Crippen LogP contribution in [0, 0.1) is 5.92 Å². The Labute approximate surface area is 89.8 Å². The largest absolute Gasteiger partial charge is 0.468 e. The molecule has 1 unspecified atom stereocenters. The third kappa shape index (κ3) is 2.17. The molecule has 3 heteroatoms. The number of ketones is 1. The number of hydrogen-bond acceptors (Lipinski definition) is 3. The summed E-state index contributed by atoms with van der Waals surface area (Å²) in [5, 5.41) is 0. The van der Waals surface area contributed by atoms with Gasteiger partial charge in [-0.15, -0.1) is 0 Å². The molecule has 82 valence electrons. The van der Waals surface area contributed by atoms with Crippen molar-refractivity contribution in [2.24, 2.45) is 5.92 Å². The SMILES string of the molecule is C/C=C1/CCC(C(=O)OC)C(=O)/C1=C/C. The van der Waals surface area contributed by atoms with Gasteiger partial charge in [0.25, 0.3) is 0 Å². The lowest BCUT2D eigenvalue weighted by Crippen LogP contribution is -2.30. The maximum absolute atomic E-state index is 11.9. The molecule has 0 spiro atoms. The molecule has 0 heterocycles. The van der Waals surface area contributed by atoms with E-state index in [0.29, 0.717) is 12.0 Å². The maximum atomic E-state index is 11.9. The van der Waals surface area contributed by atoms with E-state index in [-0.39, 0.29) is 5.78 Å². The van der Waals surface area contributed by atoms with Crippen molar-refractivity contribution in [1.29, 1.82) is 0 Å². The van der Waals surface area contributed by atoms with E-state index < -0.39 is 11.9 Å². The zero-order valence-electron chi connectivity index (χ0n) is 9.37. The van der Waals surface area contributed by atoms with Crippen LogP contribution in [0.5, 0.6) is 0 Å². The Bertz CT molecular complexity index is 337. The quantitative estimate of drug-likeness (QED) is 0.376. The molecule has 0 aromatic heterocycles. The molecule has 0 radical (unpaired) electrons. The van der Waals surface area contributed by atoms with Gasteiger partial charge in [0.2, 0.25) is 0 Å². The standard InChI is InChI=1S/C12H16O3/c1-4-8-6-7-10(12(14)15-3)11(13)9(8)5-2/h4-5,10H,6-7H2,1-3H3/b8-4-,9-5+. The zero-order valence-corrected chi connectivity index (χ0v) is 9.37. The van der Waals surface area contributed by atoms with Crippen LogP contribution in [0.4, 0.5) is 0 Å². The first-order valence-electron chi connectivity index (χ1n) is 5.09. The van der Waals surface area contributed by atoms with E-state index in [0.717, 1.165) is 12.0 Å². The fourth-order valence-corrected chi connectivity index (χ4v) is 1.91. The first kappa shape index (κ1) is 11.7. The van der Waals surface area contributed by atoms with Gasteiger partial charge >= 0.3 is 5.97 Å². The lowest BCUT2D eigenvalue weighted by molar-refractivity contribution is -0.149. The summed E-state index contributed by atoms with van der Waals surface area (Å²) in [4.78, 5) is 23.3. The number of carbonyl (C=O) groups is 2. The third-order valence-corrected chi connectivity index (χ3v) is 2.75. The van der Waals surface area contributed by atoms with Crippen molar-refractivity contribution < 1.29 is 14.3 Å². The number of carbonyl (C=O) groups excluding carboxylic acids is 2. The van der Waals surface area contributed by atoms with E-state index in [9.17, 15) is 9.59 Å². The molecule has 0 aliphatic heterocycles. The van der Waals surface area contributed by atoms with Gasteiger partial charge in [-0.05, 0) is 32.3 Å². The smallest absolute Gasteiger partial charge is 0.316 e. The second-order valence-electron chi connectivity index (χ2n) is 3.49. The van der Waals surface area contributed by atoms with Crippen molar-refractivity contribution in [1.82, 2.24) is 0 Å². The zero-order chi connectivity index (χ0) is 11.4. The summed E-state index contributed by atoms with van der Waals surface area (Å²) in [6.07, 6.45) is 5.03. The molecule has 0 bridgehead atoms. The van der Waals surface area contributed by atoms with E-state index >= 15 is 0 Å². The molecule has 1 fully saturated rings. The first-order valence-corrected chi connectivity index (χ1v) is 5.09. The molecular weight excluding hydrogens is 192 g/mol. The molecule has 0 aromatic carbocycles. The predicted octanol–water partition coefficient (Wildman–Crippen LogP) is 2.03. The first-order chi connectivity index (χ1) is 7.15. The van der Waals surface area contributed by atoms with Gasteiger partial charge < -0.3 is 4.74 Å². The average molecular weight is 208 g/mol. The summed E-state index contributed by atoms with van der Waals surface area (Å²) in [6, 6.07) is 0. The molecule has 0 saturated heterocycles. The highest BCUT2D eigenvalue weighted by molar-refractivity contribution is 6.11. The number of esters is 1. The van der Waals surface area contributed by atoms with Crippen molar-refractivity contribution in [3.63, 3.8) is 0 Å². The molecule has 3 nitrogen and oxygen atoms in total. The highest BCUT2D eigenvalue weighted by Gasteiger charge is 2.34. The molecule has 1 atom stereocenters. The van der Waals surface area contributed by atoms with E-state index in [2.05, 4.69) is 4.74 Å². The minimum Gasteiger partial charge on any atom is -0.468 e. The van der Waals surface area contributed by atoms with Gasteiger partial charge in [0.1, 0.15) is 5.92 Å². The Morgan fingerprint density at radius 3 is 2.53 bits per heavy atom. The molecule has 1 aliphatic rings. The number of ether oxygens (including phenoxy) is 1. The molecule has 15 heavy (non-hydrogen) atoms. The van der Waals surface area contributed by atoms with E-state index in [4.69, 9.17) is 0 Å². The van der Waals surface area contributed by atoms with Gasteiger partial charge in [-0.25, -0.2) is 0 Å². The van der Waals surface area contributed by atoms with Gasteiger partial charge in [-0.3, -0.25) is 9.59 Å². The summed E-state index contributed by atoms with van der Waals surface area (Å²) < 4.78 is 4.62. The van der Waals surface area contributed by atoms with Crippen LogP contribution < -0.4 is 0 Å². The van der Waals surface area contributed by atoms with Crippen molar-refractivity contribution >= 4 is 11.8 Å². The van der Waals surface area contributed by atoms with Crippen LogP contribution in [0.15, 0.2) is 23.3 Å². The minimum atomic E-state index is -0.607. The monoisotopic (exact) mass is 208 g/mol.